The number of carbonyl (C=O) groups is 1. The van der Waals surface area contributed by atoms with E-state index in [2.05, 4.69) is 15.5 Å². The number of hydrogen-bond acceptors (Lipinski definition) is 2. The van der Waals surface area contributed by atoms with Crippen molar-refractivity contribution >= 4 is 34.2 Å². The van der Waals surface area contributed by atoms with Gasteiger partial charge in [-0.2, -0.15) is 5.10 Å². The molecule has 2 rings (SSSR count). The van der Waals surface area contributed by atoms with Crippen LogP contribution in [0.3, 0.4) is 0 Å². The van der Waals surface area contributed by atoms with Crippen molar-refractivity contribution < 1.29 is 9.18 Å². The van der Waals surface area contributed by atoms with Crippen LogP contribution >= 0.6 is 11.6 Å². The van der Waals surface area contributed by atoms with Crippen LogP contribution in [-0.4, -0.2) is 22.0 Å². The highest BCUT2D eigenvalue weighted by atomic mass is 35.5. The van der Waals surface area contributed by atoms with Crippen molar-refractivity contribution in [2.75, 3.05) is 11.2 Å². The highest BCUT2D eigenvalue weighted by molar-refractivity contribution is 6.29. The number of anilines is 1. The summed E-state index contributed by atoms with van der Waals surface area (Å²) in [5.74, 6) is -0.892. The van der Waals surface area contributed by atoms with Crippen LogP contribution in [-0.2, 0) is 4.79 Å². The number of fused-ring (bicyclic) bond motifs is 1. The molecular weight excluding hydrogens is 221 g/mol. The molecule has 15 heavy (non-hydrogen) atoms. The fraction of sp³-hybridized carbons (Fsp3) is 0.111. The Hall–Kier alpha value is -1.62. The summed E-state index contributed by atoms with van der Waals surface area (Å²) in [6.45, 7) is 0. The third-order valence-corrected chi connectivity index (χ3v) is 2.16. The van der Waals surface area contributed by atoms with E-state index in [1.807, 2.05) is 0 Å². The molecule has 2 N–H and O–H groups in total. The minimum atomic E-state index is -0.439. The summed E-state index contributed by atoms with van der Waals surface area (Å²) in [5, 5.41) is 9.06. The van der Waals surface area contributed by atoms with Gasteiger partial charge in [-0.15, -0.1) is 11.6 Å². The predicted molar refractivity (Wildman–Crippen MR) is 55.4 cm³/mol. The van der Waals surface area contributed by atoms with Crippen molar-refractivity contribution in [1.82, 2.24) is 10.2 Å². The number of alkyl halides is 1. The minimum Gasteiger partial charge on any atom is -0.308 e. The van der Waals surface area contributed by atoms with Gasteiger partial charge < -0.3 is 5.32 Å². The molecule has 0 spiro atoms. The molecule has 1 aromatic carbocycles. The molecule has 0 aliphatic carbocycles. The number of benzene rings is 1. The summed E-state index contributed by atoms with van der Waals surface area (Å²) in [7, 11) is 0. The maximum atomic E-state index is 13.4. The quantitative estimate of drug-likeness (QED) is 0.770. The number of halogens is 2. The Morgan fingerprint density at radius 3 is 3.13 bits per heavy atom. The van der Waals surface area contributed by atoms with Gasteiger partial charge in [-0.05, 0) is 12.1 Å². The predicted octanol–water partition coefficient (Wildman–Crippen LogP) is 1.88. The van der Waals surface area contributed by atoms with E-state index in [1.54, 1.807) is 12.1 Å². The zero-order valence-corrected chi connectivity index (χ0v) is 8.31. The number of aromatic nitrogens is 2. The van der Waals surface area contributed by atoms with E-state index in [-0.39, 0.29) is 17.1 Å². The second kappa shape index (κ2) is 3.86. The van der Waals surface area contributed by atoms with E-state index in [1.165, 1.54) is 6.07 Å². The van der Waals surface area contributed by atoms with Gasteiger partial charge in [0, 0.05) is 0 Å². The molecule has 0 saturated heterocycles. The lowest BCUT2D eigenvalue weighted by Crippen LogP contribution is -2.13. The summed E-state index contributed by atoms with van der Waals surface area (Å²) in [4.78, 5) is 11.0. The molecule has 4 nitrogen and oxygen atoms in total. The second-order valence-corrected chi connectivity index (χ2v) is 3.18. The molecule has 1 amide bonds. The summed E-state index contributed by atoms with van der Waals surface area (Å²) in [5.41, 5.74) is 0.528. The van der Waals surface area contributed by atoms with Crippen LogP contribution < -0.4 is 5.32 Å². The second-order valence-electron chi connectivity index (χ2n) is 2.92. The van der Waals surface area contributed by atoms with Gasteiger partial charge in [0.15, 0.2) is 5.82 Å². The molecule has 6 heteroatoms. The summed E-state index contributed by atoms with van der Waals surface area (Å²) < 4.78 is 13.4. The Labute approximate surface area is 89.4 Å². The maximum Gasteiger partial charge on any atom is 0.240 e. The number of amides is 1. The Morgan fingerprint density at radius 1 is 1.60 bits per heavy atom. The van der Waals surface area contributed by atoms with Crippen LogP contribution in [0.15, 0.2) is 18.2 Å². The Bertz CT molecular complexity index is 511. The lowest BCUT2D eigenvalue weighted by Gasteiger charge is -1.98. The van der Waals surface area contributed by atoms with Crippen LogP contribution in [0.25, 0.3) is 10.9 Å². The first-order valence-corrected chi connectivity index (χ1v) is 4.74. The van der Waals surface area contributed by atoms with E-state index in [9.17, 15) is 9.18 Å². The first kappa shape index (κ1) is 9.92. The normalized spacial score (nSPS) is 10.5. The minimum absolute atomic E-state index is 0.161. The molecule has 0 unspecified atom stereocenters. The van der Waals surface area contributed by atoms with Gasteiger partial charge in [0.2, 0.25) is 5.91 Å². The summed E-state index contributed by atoms with van der Waals surface area (Å²) >= 11 is 5.32. The van der Waals surface area contributed by atoms with Gasteiger partial charge >= 0.3 is 0 Å². The molecule has 0 fully saturated rings. The summed E-state index contributed by atoms with van der Waals surface area (Å²) in [6.07, 6.45) is 0. The van der Waals surface area contributed by atoms with Crippen LogP contribution in [0.4, 0.5) is 10.2 Å². The van der Waals surface area contributed by atoms with E-state index >= 15 is 0 Å². The molecule has 0 aliphatic rings. The van der Waals surface area contributed by atoms with Gasteiger partial charge in [0.05, 0.1) is 10.9 Å². The highest BCUT2D eigenvalue weighted by Gasteiger charge is 2.11. The molecule has 0 atom stereocenters. The third-order valence-electron chi connectivity index (χ3n) is 1.92. The van der Waals surface area contributed by atoms with E-state index < -0.39 is 11.7 Å². The number of nitrogens with one attached hydrogen (secondary N) is 2. The van der Waals surface area contributed by atoms with Gasteiger partial charge in [0.1, 0.15) is 11.7 Å². The lowest BCUT2D eigenvalue weighted by molar-refractivity contribution is -0.113. The van der Waals surface area contributed by atoms with Gasteiger partial charge in [0.25, 0.3) is 0 Å². The molecule has 0 saturated carbocycles. The molecule has 0 bridgehead atoms. The molecule has 1 aromatic heterocycles. The summed E-state index contributed by atoms with van der Waals surface area (Å²) in [6, 6.07) is 4.53. The third kappa shape index (κ3) is 1.78. The Kier molecular flexibility index (Phi) is 2.55. The lowest BCUT2D eigenvalue weighted by atomic mass is 10.2. The molecule has 0 radical (unpaired) electrons. The zero-order valence-electron chi connectivity index (χ0n) is 7.55. The highest BCUT2D eigenvalue weighted by Crippen LogP contribution is 2.23. The van der Waals surface area contributed by atoms with Crippen LogP contribution in [0.1, 0.15) is 0 Å². The van der Waals surface area contributed by atoms with Crippen molar-refractivity contribution in [1.29, 1.82) is 0 Å². The standard InChI is InChI=1S/C9H7ClFN3O/c10-4-7(15)12-9-8-5(11)2-1-3-6(8)13-14-9/h1-3H,4H2,(H2,12,13,14,15). The maximum absolute atomic E-state index is 13.4. The average Bonchev–Trinajstić information content (AvgIpc) is 2.63. The van der Waals surface area contributed by atoms with Crippen molar-refractivity contribution in [3.8, 4) is 0 Å². The van der Waals surface area contributed by atoms with Gasteiger partial charge in [-0.25, -0.2) is 4.39 Å². The number of rotatable bonds is 2. The molecule has 1 heterocycles. The SMILES string of the molecule is O=C(CCl)Nc1n[nH]c2cccc(F)c12. The monoisotopic (exact) mass is 227 g/mol. The van der Waals surface area contributed by atoms with E-state index in [4.69, 9.17) is 11.6 Å². The van der Waals surface area contributed by atoms with Crippen molar-refractivity contribution in [3.63, 3.8) is 0 Å². The van der Waals surface area contributed by atoms with Crippen LogP contribution in [0.2, 0.25) is 0 Å². The fourth-order valence-electron chi connectivity index (χ4n) is 1.29. The van der Waals surface area contributed by atoms with E-state index in [0.717, 1.165) is 0 Å². The first-order valence-electron chi connectivity index (χ1n) is 4.21. The van der Waals surface area contributed by atoms with Crippen molar-refractivity contribution in [3.05, 3.63) is 24.0 Å². The first-order chi connectivity index (χ1) is 7.22. The van der Waals surface area contributed by atoms with Crippen molar-refractivity contribution in [2.45, 2.75) is 0 Å². The van der Waals surface area contributed by atoms with Gasteiger partial charge in [-0.1, -0.05) is 6.07 Å². The van der Waals surface area contributed by atoms with Crippen molar-refractivity contribution in [2.24, 2.45) is 0 Å². The van der Waals surface area contributed by atoms with Crippen LogP contribution in [0.5, 0.6) is 0 Å². The molecule has 0 aliphatic heterocycles. The Balaban J connectivity index is 2.48. The largest absolute Gasteiger partial charge is 0.308 e. The van der Waals surface area contributed by atoms with Crippen LogP contribution in [0, 0.1) is 5.82 Å². The smallest absolute Gasteiger partial charge is 0.240 e. The van der Waals surface area contributed by atoms with Gasteiger partial charge in [-0.3, -0.25) is 9.89 Å². The average molecular weight is 228 g/mol. The Morgan fingerprint density at radius 2 is 2.40 bits per heavy atom. The van der Waals surface area contributed by atoms with E-state index in [0.29, 0.717) is 5.52 Å². The number of H-pyrrole nitrogens is 1. The topological polar surface area (TPSA) is 57.8 Å². The molecular formula is C9H7ClFN3O. The number of aromatic amines is 1. The molecule has 78 valence electrons. The number of nitrogens with zero attached hydrogens (tertiary/aromatic N) is 1. The fourth-order valence-corrected chi connectivity index (χ4v) is 1.35. The molecule has 2 aromatic rings. The number of carbonyl (C=O) groups excluding carboxylic acids is 1. The number of hydrogen-bond donors (Lipinski definition) is 2. The zero-order chi connectivity index (χ0) is 10.8.